The molecule has 0 saturated heterocycles. The van der Waals surface area contributed by atoms with Crippen molar-refractivity contribution in [1.82, 2.24) is 0 Å². The molecule has 0 aliphatic carbocycles. The van der Waals surface area contributed by atoms with Crippen LogP contribution in [-0.4, -0.2) is 6.61 Å². The van der Waals surface area contributed by atoms with E-state index >= 15 is 0 Å². The van der Waals surface area contributed by atoms with Crippen molar-refractivity contribution in [2.24, 2.45) is 0 Å². The van der Waals surface area contributed by atoms with Crippen LogP contribution in [-0.2, 0) is 4.74 Å². The van der Waals surface area contributed by atoms with Crippen LogP contribution < -0.4 is 0 Å². The monoisotopic (exact) mass is 116 g/mol. The zero-order valence-electron chi connectivity index (χ0n) is 4.86. The number of rotatable bonds is 3. The molecule has 0 bridgehead atoms. The molecule has 46 valence electrons. The van der Waals surface area contributed by atoms with Crippen LogP contribution >= 0.6 is 0 Å². The first-order valence-corrected chi connectivity index (χ1v) is 2.36. The highest BCUT2D eigenvalue weighted by Crippen LogP contribution is 1.95. The molecule has 0 amide bonds. The van der Waals surface area contributed by atoms with E-state index in [4.69, 9.17) is 0 Å². The highest BCUT2D eigenvalue weighted by Gasteiger charge is 1.85. The molecule has 0 aromatic heterocycles. The molecule has 0 aromatic carbocycles. The van der Waals surface area contributed by atoms with Gasteiger partial charge in [-0.25, -0.2) is 0 Å². The topological polar surface area (TPSA) is 9.23 Å². The Balaban J connectivity index is 3.24. The molecular formula is C6H9FO. The van der Waals surface area contributed by atoms with Crippen molar-refractivity contribution in [1.29, 1.82) is 0 Å². The average Bonchev–Trinajstić information content (AvgIpc) is 1.83. The molecule has 1 nitrogen and oxygen atoms in total. The molecule has 0 aromatic rings. The van der Waals surface area contributed by atoms with Gasteiger partial charge in [0, 0.05) is 0 Å². The normalized spacial score (nSPS) is 11.0. The second kappa shape index (κ2) is 4.37. The van der Waals surface area contributed by atoms with Crippen LogP contribution in [0.1, 0.15) is 6.92 Å². The summed E-state index contributed by atoms with van der Waals surface area (Å²) < 4.78 is 16.3. The Kier molecular flexibility index (Phi) is 3.94. The third-order valence-corrected chi connectivity index (χ3v) is 0.566. The molecule has 0 aliphatic heterocycles. The molecule has 0 saturated carbocycles. The van der Waals surface area contributed by atoms with Crippen LogP contribution in [0.2, 0.25) is 0 Å². The fraction of sp³-hybridized carbons (Fsp3) is 0.333. The number of hydrogen-bond acceptors (Lipinski definition) is 1. The second-order valence-corrected chi connectivity index (χ2v) is 1.19. The van der Waals surface area contributed by atoms with Gasteiger partial charge in [-0.15, -0.1) is 0 Å². The fourth-order valence-electron chi connectivity index (χ4n) is 0.222. The Morgan fingerprint density at radius 2 is 2.50 bits per heavy atom. The van der Waals surface area contributed by atoms with E-state index in [1.165, 1.54) is 12.2 Å². The van der Waals surface area contributed by atoms with E-state index in [1.807, 2.05) is 0 Å². The van der Waals surface area contributed by atoms with Crippen LogP contribution in [0.4, 0.5) is 4.39 Å². The molecular weight excluding hydrogens is 107 g/mol. The van der Waals surface area contributed by atoms with E-state index in [-0.39, 0.29) is 6.61 Å². The van der Waals surface area contributed by atoms with Crippen LogP contribution in [0.5, 0.6) is 0 Å². The van der Waals surface area contributed by atoms with Gasteiger partial charge in [-0.05, 0) is 13.0 Å². The summed E-state index contributed by atoms with van der Waals surface area (Å²) in [6.45, 7) is 5.15. The van der Waals surface area contributed by atoms with Gasteiger partial charge in [-0.1, -0.05) is 12.7 Å². The van der Waals surface area contributed by atoms with Gasteiger partial charge in [0.05, 0.1) is 0 Å². The molecule has 8 heavy (non-hydrogen) atoms. The molecule has 0 aliphatic rings. The summed E-state index contributed by atoms with van der Waals surface area (Å²) in [6.07, 6.45) is 2.74. The maximum Gasteiger partial charge on any atom is 0.268 e. The summed E-state index contributed by atoms with van der Waals surface area (Å²) in [5.41, 5.74) is 0. The Morgan fingerprint density at radius 1 is 1.88 bits per heavy atom. The van der Waals surface area contributed by atoms with Gasteiger partial charge in [0.25, 0.3) is 6.01 Å². The Morgan fingerprint density at radius 3 is 2.88 bits per heavy atom. The van der Waals surface area contributed by atoms with Crippen molar-refractivity contribution in [3.8, 4) is 0 Å². The van der Waals surface area contributed by atoms with Gasteiger partial charge in [0.2, 0.25) is 0 Å². The van der Waals surface area contributed by atoms with Crippen molar-refractivity contribution in [3.05, 3.63) is 24.7 Å². The van der Waals surface area contributed by atoms with E-state index in [0.717, 1.165) is 0 Å². The van der Waals surface area contributed by atoms with E-state index < -0.39 is 6.01 Å². The SMILES string of the molecule is C=CCOC(F)=CC. The molecule has 0 spiro atoms. The summed E-state index contributed by atoms with van der Waals surface area (Å²) in [7, 11) is 0. The minimum atomic E-state index is -0.551. The van der Waals surface area contributed by atoms with Gasteiger partial charge in [0.1, 0.15) is 6.61 Å². The quantitative estimate of drug-likeness (QED) is 0.405. The lowest BCUT2D eigenvalue weighted by molar-refractivity contribution is 0.171. The van der Waals surface area contributed by atoms with Crippen molar-refractivity contribution >= 4 is 0 Å². The lowest BCUT2D eigenvalue weighted by Crippen LogP contribution is -1.84. The van der Waals surface area contributed by atoms with E-state index in [0.29, 0.717) is 0 Å². The van der Waals surface area contributed by atoms with Crippen LogP contribution in [0.25, 0.3) is 0 Å². The van der Waals surface area contributed by atoms with Crippen LogP contribution in [0.15, 0.2) is 24.7 Å². The summed E-state index contributed by atoms with van der Waals surface area (Å²) in [6, 6.07) is -0.551. The smallest absolute Gasteiger partial charge is 0.268 e. The predicted octanol–water partition coefficient (Wildman–Crippen LogP) is 2.02. The number of ether oxygens (including phenoxy) is 1. The molecule has 0 atom stereocenters. The highest BCUT2D eigenvalue weighted by molar-refractivity contribution is 4.78. The third kappa shape index (κ3) is 3.40. The van der Waals surface area contributed by atoms with E-state index in [2.05, 4.69) is 11.3 Å². The first kappa shape index (κ1) is 7.21. The average molecular weight is 116 g/mol. The minimum Gasteiger partial charge on any atom is -0.467 e. The summed E-state index contributed by atoms with van der Waals surface area (Å²) in [5.74, 6) is 0. The fourth-order valence-corrected chi connectivity index (χ4v) is 0.222. The van der Waals surface area contributed by atoms with Gasteiger partial charge < -0.3 is 4.74 Å². The van der Waals surface area contributed by atoms with Crippen molar-refractivity contribution in [3.63, 3.8) is 0 Å². The zero-order valence-corrected chi connectivity index (χ0v) is 4.86. The molecule has 0 rings (SSSR count). The van der Waals surface area contributed by atoms with E-state index in [1.54, 1.807) is 6.92 Å². The summed E-state index contributed by atoms with van der Waals surface area (Å²) in [5, 5.41) is 0. The standard InChI is InChI=1S/C6H9FO/c1-3-5-8-6(7)4-2/h3-4H,1,5H2,2H3. The molecule has 2 heteroatoms. The van der Waals surface area contributed by atoms with E-state index in [9.17, 15) is 4.39 Å². The predicted molar refractivity (Wildman–Crippen MR) is 31.0 cm³/mol. The zero-order chi connectivity index (χ0) is 6.41. The molecule has 0 fully saturated rings. The first-order valence-electron chi connectivity index (χ1n) is 2.36. The Labute approximate surface area is 48.5 Å². The lowest BCUT2D eigenvalue weighted by Gasteiger charge is -1.94. The van der Waals surface area contributed by atoms with Crippen LogP contribution in [0.3, 0.4) is 0 Å². The van der Waals surface area contributed by atoms with Crippen molar-refractivity contribution in [2.75, 3.05) is 6.61 Å². The van der Waals surface area contributed by atoms with Crippen LogP contribution in [0, 0.1) is 0 Å². The number of hydrogen-bond donors (Lipinski definition) is 0. The minimum absolute atomic E-state index is 0.232. The largest absolute Gasteiger partial charge is 0.467 e. The maximum atomic E-state index is 11.9. The Bertz CT molecular complexity index is 96.7. The van der Waals surface area contributed by atoms with Crippen molar-refractivity contribution in [2.45, 2.75) is 6.92 Å². The van der Waals surface area contributed by atoms with Gasteiger partial charge in [-0.2, -0.15) is 4.39 Å². The van der Waals surface area contributed by atoms with Gasteiger partial charge >= 0.3 is 0 Å². The molecule has 0 unspecified atom stereocenters. The molecule has 0 N–H and O–H groups in total. The molecule has 0 heterocycles. The first-order chi connectivity index (χ1) is 3.81. The number of allylic oxidation sites excluding steroid dienone is 1. The maximum absolute atomic E-state index is 11.9. The third-order valence-electron chi connectivity index (χ3n) is 0.566. The number of halogens is 1. The Hall–Kier alpha value is -0.790. The van der Waals surface area contributed by atoms with Gasteiger partial charge in [-0.3, -0.25) is 0 Å². The highest BCUT2D eigenvalue weighted by atomic mass is 19.1. The van der Waals surface area contributed by atoms with Crippen molar-refractivity contribution < 1.29 is 9.13 Å². The second-order valence-electron chi connectivity index (χ2n) is 1.19. The summed E-state index contributed by atoms with van der Waals surface area (Å²) in [4.78, 5) is 0. The van der Waals surface area contributed by atoms with Gasteiger partial charge in [0.15, 0.2) is 0 Å². The summed E-state index contributed by atoms with van der Waals surface area (Å²) >= 11 is 0. The molecule has 0 radical (unpaired) electrons. The lowest BCUT2D eigenvalue weighted by atomic mass is 10.7.